The number of Topliss-reactive ketones (excluding diaryl/α,β-unsaturated/α-hetero) is 1. The van der Waals surface area contributed by atoms with Gasteiger partial charge in [0.15, 0.2) is 0 Å². The minimum absolute atomic E-state index is 0.0147. The highest BCUT2D eigenvalue weighted by molar-refractivity contribution is 5.79. The van der Waals surface area contributed by atoms with Crippen LogP contribution in [0.4, 0.5) is 0 Å². The second-order valence-corrected chi connectivity index (χ2v) is 6.83. The second-order valence-electron chi connectivity index (χ2n) is 6.83. The smallest absolute Gasteiger partial charge is 0.132 e. The van der Waals surface area contributed by atoms with Gasteiger partial charge in [0.2, 0.25) is 0 Å². The van der Waals surface area contributed by atoms with Crippen molar-refractivity contribution in [1.82, 2.24) is 5.32 Å². The Labute approximate surface area is 144 Å². The van der Waals surface area contributed by atoms with Crippen molar-refractivity contribution in [3.63, 3.8) is 0 Å². The molecule has 2 heteroatoms. The van der Waals surface area contributed by atoms with Crippen LogP contribution in [0.2, 0.25) is 0 Å². The van der Waals surface area contributed by atoms with Gasteiger partial charge in [0.25, 0.3) is 0 Å². The Balaban J connectivity index is 1.79. The number of benzene rings is 2. The quantitative estimate of drug-likeness (QED) is 0.870. The van der Waals surface area contributed by atoms with Crippen molar-refractivity contribution in [2.45, 2.75) is 38.0 Å². The summed E-state index contributed by atoms with van der Waals surface area (Å²) in [4.78, 5) is 11.7. The van der Waals surface area contributed by atoms with Crippen LogP contribution >= 0.6 is 0 Å². The van der Waals surface area contributed by atoms with E-state index in [0.717, 1.165) is 30.6 Å². The maximum Gasteiger partial charge on any atom is 0.132 e. The maximum absolute atomic E-state index is 11.7. The number of aryl methyl sites for hydroxylation is 1. The molecule has 3 rings (SSSR count). The van der Waals surface area contributed by atoms with Crippen molar-refractivity contribution in [3.8, 4) is 0 Å². The summed E-state index contributed by atoms with van der Waals surface area (Å²) >= 11 is 0. The second kappa shape index (κ2) is 7.04. The van der Waals surface area contributed by atoms with Crippen LogP contribution in [0.25, 0.3) is 5.70 Å². The fourth-order valence-electron chi connectivity index (χ4n) is 3.65. The zero-order chi connectivity index (χ0) is 17.0. The molecule has 0 aromatic heterocycles. The predicted molar refractivity (Wildman–Crippen MR) is 99.8 cm³/mol. The van der Waals surface area contributed by atoms with E-state index in [9.17, 15) is 4.79 Å². The standard InChI is InChI=1S/C22H25NO/c1-17-8-6-7-11-21(17)18(2)23-16-22(14-12-20(24)13-15-22)19-9-4-3-5-10-19/h3-11,23H,2,12-16H2,1H3. The van der Waals surface area contributed by atoms with E-state index in [1.807, 2.05) is 18.2 Å². The van der Waals surface area contributed by atoms with Crippen LogP contribution in [0.5, 0.6) is 0 Å². The summed E-state index contributed by atoms with van der Waals surface area (Å²) in [6, 6.07) is 18.9. The molecule has 2 nitrogen and oxygen atoms in total. The van der Waals surface area contributed by atoms with Crippen LogP contribution in [0.15, 0.2) is 61.2 Å². The molecule has 0 radical (unpaired) electrons. The Morgan fingerprint density at radius 1 is 1.04 bits per heavy atom. The Morgan fingerprint density at radius 3 is 2.33 bits per heavy atom. The van der Waals surface area contributed by atoms with Crippen molar-refractivity contribution >= 4 is 11.5 Å². The first-order chi connectivity index (χ1) is 11.6. The topological polar surface area (TPSA) is 29.1 Å². The van der Waals surface area contributed by atoms with Gasteiger partial charge in [0.05, 0.1) is 0 Å². The van der Waals surface area contributed by atoms with E-state index in [4.69, 9.17) is 0 Å². The van der Waals surface area contributed by atoms with Crippen LogP contribution < -0.4 is 5.32 Å². The number of carbonyl (C=O) groups excluding carboxylic acids is 1. The highest BCUT2D eigenvalue weighted by atomic mass is 16.1. The van der Waals surface area contributed by atoms with Gasteiger partial charge in [-0.15, -0.1) is 0 Å². The van der Waals surface area contributed by atoms with E-state index in [0.29, 0.717) is 18.6 Å². The average Bonchev–Trinajstić information content (AvgIpc) is 2.62. The molecule has 124 valence electrons. The van der Waals surface area contributed by atoms with Crippen LogP contribution in [0.1, 0.15) is 42.4 Å². The van der Waals surface area contributed by atoms with Crippen LogP contribution in [0, 0.1) is 6.92 Å². The first-order valence-corrected chi connectivity index (χ1v) is 8.67. The fourth-order valence-corrected chi connectivity index (χ4v) is 3.65. The monoisotopic (exact) mass is 319 g/mol. The lowest BCUT2D eigenvalue weighted by atomic mass is 9.69. The molecule has 2 aromatic carbocycles. The van der Waals surface area contributed by atoms with E-state index < -0.39 is 0 Å². The number of rotatable bonds is 5. The number of ketones is 1. The zero-order valence-electron chi connectivity index (χ0n) is 14.3. The van der Waals surface area contributed by atoms with Crippen molar-refractivity contribution in [1.29, 1.82) is 0 Å². The molecule has 1 N–H and O–H groups in total. The summed E-state index contributed by atoms with van der Waals surface area (Å²) < 4.78 is 0. The molecule has 0 unspecified atom stereocenters. The molecule has 0 aliphatic heterocycles. The molecule has 0 atom stereocenters. The Hall–Kier alpha value is -2.35. The summed E-state index contributed by atoms with van der Waals surface area (Å²) in [5.41, 5.74) is 4.68. The largest absolute Gasteiger partial charge is 0.384 e. The van der Waals surface area contributed by atoms with Gasteiger partial charge in [-0.05, 0) is 36.5 Å². The van der Waals surface area contributed by atoms with Crippen molar-refractivity contribution < 1.29 is 4.79 Å². The lowest BCUT2D eigenvalue weighted by Gasteiger charge is -2.38. The van der Waals surface area contributed by atoms with Gasteiger partial charge in [-0.3, -0.25) is 4.79 Å². The third-order valence-corrected chi connectivity index (χ3v) is 5.26. The lowest BCUT2D eigenvalue weighted by molar-refractivity contribution is -0.121. The first-order valence-electron chi connectivity index (χ1n) is 8.67. The summed E-state index contributed by atoms with van der Waals surface area (Å²) in [5.74, 6) is 0.388. The number of nitrogens with one attached hydrogen (secondary N) is 1. The minimum atomic E-state index is 0.0147. The van der Waals surface area contributed by atoms with Gasteiger partial charge in [-0.25, -0.2) is 0 Å². The van der Waals surface area contributed by atoms with Gasteiger partial charge < -0.3 is 5.32 Å². The third-order valence-electron chi connectivity index (χ3n) is 5.26. The number of hydrogen-bond donors (Lipinski definition) is 1. The van der Waals surface area contributed by atoms with Crippen molar-refractivity contribution in [2.75, 3.05) is 6.54 Å². The molecule has 1 aliphatic carbocycles. The third kappa shape index (κ3) is 3.43. The molecule has 24 heavy (non-hydrogen) atoms. The van der Waals surface area contributed by atoms with Crippen LogP contribution in [-0.4, -0.2) is 12.3 Å². The molecule has 0 amide bonds. The highest BCUT2D eigenvalue weighted by Gasteiger charge is 2.36. The molecule has 0 heterocycles. The highest BCUT2D eigenvalue weighted by Crippen LogP contribution is 2.38. The molecule has 0 bridgehead atoms. The number of carbonyl (C=O) groups is 1. The minimum Gasteiger partial charge on any atom is -0.384 e. The van der Waals surface area contributed by atoms with Gasteiger partial charge >= 0.3 is 0 Å². The SMILES string of the molecule is C=C(NCC1(c2ccccc2)CCC(=O)CC1)c1ccccc1C. The van der Waals surface area contributed by atoms with Gasteiger partial charge in [-0.2, -0.15) is 0 Å². The Bertz CT molecular complexity index is 723. The molecule has 1 fully saturated rings. The Kier molecular flexibility index (Phi) is 4.84. The van der Waals surface area contributed by atoms with Gasteiger partial charge in [-0.1, -0.05) is 61.2 Å². The van der Waals surface area contributed by atoms with E-state index in [-0.39, 0.29) is 5.41 Å². The molecule has 0 saturated heterocycles. The predicted octanol–water partition coefficient (Wildman–Crippen LogP) is 4.64. The summed E-state index contributed by atoms with van der Waals surface area (Å²) in [7, 11) is 0. The molecular formula is C22H25NO. The van der Waals surface area contributed by atoms with E-state index in [2.05, 4.69) is 55.2 Å². The zero-order valence-corrected chi connectivity index (χ0v) is 14.3. The summed E-state index contributed by atoms with van der Waals surface area (Å²) in [6.45, 7) is 7.15. The van der Waals surface area contributed by atoms with Crippen molar-refractivity contribution in [3.05, 3.63) is 77.9 Å². The molecule has 0 spiro atoms. The fraction of sp³-hybridized carbons (Fsp3) is 0.318. The lowest BCUT2D eigenvalue weighted by Crippen LogP contribution is -2.41. The molecule has 2 aromatic rings. The summed E-state index contributed by atoms with van der Waals surface area (Å²) in [6.07, 6.45) is 3.16. The molecule has 1 saturated carbocycles. The van der Waals surface area contributed by atoms with Gasteiger partial charge in [0.1, 0.15) is 5.78 Å². The maximum atomic E-state index is 11.7. The van der Waals surface area contributed by atoms with E-state index >= 15 is 0 Å². The normalized spacial score (nSPS) is 16.6. The van der Waals surface area contributed by atoms with Crippen LogP contribution in [0.3, 0.4) is 0 Å². The average molecular weight is 319 g/mol. The van der Waals surface area contributed by atoms with Gasteiger partial charge in [0, 0.05) is 30.5 Å². The Morgan fingerprint density at radius 2 is 1.67 bits per heavy atom. The summed E-state index contributed by atoms with van der Waals surface area (Å²) in [5, 5.41) is 3.56. The van der Waals surface area contributed by atoms with Crippen LogP contribution in [-0.2, 0) is 10.2 Å². The van der Waals surface area contributed by atoms with E-state index in [1.54, 1.807) is 0 Å². The molecule has 1 aliphatic rings. The van der Waals surface area contributed by atoms with E-state index in [1.165, 1.54) is 11.1 Å². The number of hydrogen-bond acceptors (Lipinski definition) is 2. The first kappa shape index (κ1) is 16.5. The molecular weight excluding hydrogens is 294 g/mol. The van der Waals surface area contributed by atoms with Crippen molar-refractivity contribution in [2.24, 2.45) is 0 Å².